The molecule has 4 heteroatoms. The molecule has 1 aromatic rings. The molecule has 2 aliphatic rings. The number of carbonyl (C=O) groups is 1. The van der Waals surface area contributed by atoms with Crippen molar-refractivity contribution in [2.45, 2.75) is 31.7 Å². The summed E-state index contributed by atoms with van der Waals surface area (Å²) in [5.74, 6) is 0.857. The second-order valence-corrected chi connectivity index (χ2v) is 6.02. The number of thiocarbonyl (C=S) groups is 1. The Kier molecular flexibility index (Phi) is 3.27. The van der Waals surface area contributed by atoms with Crippen molar-refractivity contribution in [3.63, 3.8) is 0 Å². The zero-order valence-corrected chi connectivity index (χ0v) is 11.7. The molecule has 2 saturated carbocycles. The fourth-order valence-corrected chi connectivity index (χ4v) is 2.46. The second-order valence-electron chi connectivity index (χ2n) is 5.58. The van der Waals surface area contributed by atoms with Gasteiger partial charge in [0.25, 0.3) is 5.91 Å². The van der Waals surface area contributed by atoms with Crippen molar-refractivity contribution in [1.29, 1.82) is 0 Å². The van der Waals surface area contributed by atoms with E-state index in [1.54, 1.807) is 0 Å². The molecule has 1 aromatic carbocycles. The Morgan fingerprint density at radius 3 is 2.53 bits per heavy atom. The summed E-state index contributed by atoms with van der Waals surface area (Å²) >= 11 is 4.97. The molecular formula is C15H18N2OS. The van der Waals surface area contributed by atoms with Crippen LogP contribution in [0.4, 0.5) is 0 Å². The normalized spacial score (nSPS) is 18.1. The maximum absolute atomic E-state index is 12.6. The fraction of sp³-hybridized carbons (Fsp3) is 0.467. The predicted octanol–water partition coefficient (Wildman–Crippen LogP) is 2.34. The van der Waals surface area contributed by atoms with E-state index in [0.29, 0.717) is 16.6 Å². The van der Waals surface area contributed by atoms with Crippen LogP contribution in [0.1, 0.15) is 41.6 Å². The lowest BCUT2D eigenvalue weighted by atomic mass is 10.1. The fourth-order valence-electron chi connectivity index (χ4n) is 2.33. The van der Waals surface area contributed by atoms with Crippen LogP contribution in [-0.4, -0.2) is 28.4 Å². The highest BCUT2D eigenvalue weighted by Crippen LogP contribution is 2.35. The molecule has 0 aromatic heterocycles. The van der Waals surface area contributed by atoms with Crippen LogP contribution in [0.2, 0.25) is 0 Å². The Bertz CT molecular complexity index is 521. The number of nitrogens with two attached hydrogens (primary N) is 1. The molecule has 0 atom stereocenters. The zero-order valence-electron chi connectivity index (χ0n) is 10.8. The van der Waals surface area contributed by atoms with E-state index in [1.807, 2.05) is 24.3 Å². The Hall–Kier alpha value is -1.42. The molecular weight excluding hydrogens is 256 g/mol. The highest BCUT2D eigenvalue weighted by Gasteiger charge is 2.36. The van der Waals surface area contributed by atoms with Crippen molar-refractivity contribution in [2.24, 2.45) is 11.7 Å². The number of rotatable bonds is 5. The summed E-state index contributed by atoms with van der Waals surface area (Å²) in [5, 5.41) is 0. The van der Waals surface area contributed by atoms with Crippen molar-refractivity contribution in [3.8, 4) is 0 Å². The molecule has 2 aliphatic carbocycles. The molecule has 100 valence electrons. The summed E-state index contributed by atoms with van der Waals surface area (Å²) in [6.07, 6.45) is 4.83. The van der Waals surface area contributed by atoms with Gasteiger partial charge in [-0.25, -0.2) is 0 Å². The number of carbonyl (C=O) groups excluding carboxylic acids is 1. The minimum absolute atomic E-state index is 0.132. The maximum Gasteiger partial charge on any atom is 0.254 e. The van der Waals surface area contributed by atoms with E-state index in [9.17, 15) is 4.79 Å². The van der Waals surface area contributed by atoms with Gasteiger partial charge < -0.3 is 10.6 Å². The van der Waals surface area contributed by atoms with E-state index >= 15 is 0 Å². The van der Waals surface area contributed by atoms with E-state index in [2.05, 4.69) is 4.90 Å². The van der Waals surface area contributed by atoms with E-state index in [0.717, 1.165) is 30.9 Å². The average Bonchev–Trinajstić information content (AvgIpc) is 3.27. The molecule has 3 nitrogen and oxygen atoms in total. The molecule has 0 heterocycles. The summed E-state index contributed by atoms with van der Waals surface area (Å²) in [4.78, 5) is 15.0. The molecule has 19 heavy (non-hydrogen) atoms. The zero-order chi connectivity index (χ0) is 13.4. The van der Waals surface area contributed by atoms with Crippen LogP contribution in [0, 0.1) is 5.92 Å². The van der Waals surface area contributed by atoms with E-state index in [-0.39, 0.29) is 5.91 Å². The Morgan fingerprint density at radius 2 is 1.95 bits per heavy atom. The monoisotopic (exact) mass is 274 g/mol. The van der Waals surface area contributed by atoms with Gasteiger partial charge in [-0.2, -0.15) is 0 Å². The Labute approximate surface area is 118 Å². The number of hydrogen-bond donors (Lipinski definition) is 1. The second kappa shape index (κ2) is 4.93. The summed E-state index contributed by atoms with van der Waals surface area (Å²) in [7, 11) is 0. The number of nitrogens with zero attached hydrogens (tertiary/aromatic N) is 1. The van der Waals surface area contributed by atoms with E-state index in [1.165, 1.54) is 12.8 Å². The lowest BCUT2D eigenvalue weighted by molar-refractivity contribution is 0.0735. The highest BCUT2D eigenvalue weighted by atomic mass is 32.1. The van der Waals surface area contributed by atoms with Crippen molar-refractivity contribution < 1.29 is 4.79 Å². The van der Waals surface area contributed by atoms with Crippen molar-refractivity contribution in [3.05, 3.63) is 35.4 Å². The summed E-state index contributed by atoms with van der Waals surface area (Å²) in [5.41, 5.74) is 7.10. The molecule has 0 bridgehead atoms. The van der Waals surface area contributed by atoms with Gasteiger partial charge in [-0.3, -0.25) is 4.79 Å². The largest absolute Gasteiger partial charge is 0.389 e. The third-order valence-electron chi connectivity index (χ3n) is 3.79. The first-order valence-electron chi connectivity index (χ1n) is 6.86. The molecule has 2 fully saturated rings. The van der Waals surface area contributed by atoms with E-state index < -0.39 is 0 Å². The Balaban J connectivity index is 1.80. The summed E-state index contributed by atoms with van der Waals surface area (Å²) in [6.45, 7) is 0.917. The van der Waals surface area contributed by atoms with Crippen LogP contribution in [-0.2, 0) is 0 Å². The van der Waals surface area contributed by atoms with Gasteiger partial charge in [0, 0.05) is 23.7 Å². The van der Waals surface area contributed by atoms with Gasteiger partial charge in [0.1, 0.15) is 4.99 Å². The molecule has 0 spiro atoms. The van der Waals surface area contributed by atoms with Gasteiger partial charge in [0.2, 0.25) is 0 Å². The molecule has 0 unspecified atom stereocenters. The molecule has 3 rings (SSSR count). The third kappa shape index (κ3) is 2.95. The lowest BCUT2D eigenvalue weighted by Crippen LogP contribution is -2.35. The average molecular weight is 274 g/mol. The third-order valence-corrected chi connectivity index (χ3v) is 4.03. The molecule has 2 N–H and O–H groups in total. The first-order valence-corrected chi connectivity index (χ1v) is 7.27. The number of amides is 1. The van der Waals surface area contributed by atoms with Crippen LogP contribution >= 0.6 is 12.2 Å². The standard InChI is InChI=1S/C15H18N2OS/c16-14(19)11-2-1-3-12(8-11)15(18)17(13-6-7-13)9-10-4-5-10/h1-3,8,10,13H,4-7,9H2,(H2,16,19). The Morgan fingerprint density at radius 1 is 1.26 bits per heavy atom. The van der Waals surface area contributed by atoms with Crippen LogP contribution in [0.15, 0.2) is 24.3 Å². The molecule has 0 radical (unpaired) electrons. The number of benzene rings is 1. The summed E-state index contributed by atoms with van der Waals surface area (Å²) in [6, 6.07) is 7.83. The summed E-state index contributed by atoms with van der Waals surface area (Å²) < 4.78 is 0. The van der Waals surface area contributed by atoms with E-state index in [4.69, 9.17) is 18.0 Å². The van der Waals surface area contributed by atoms with Crippen LogP contribution < -0.4 is 5.73 Å². The van der Waals surface area contributed by atoms with Crippen molar-refractivity contribution >= 4 is 23.1 Å². The molecule has 0 aliphatic heterocycles. The lowest BCUT2D eigenvalue weighted by Gasteiger charge is -2.22. The van der Waals surface area contributed by atoms with Gasteiger partial charge in [-0.05, 0) is 43.7 Å². The smallest absolute Gasteiger partial charge is 0.254 e. The minimum Gasteiger partial charge on any atom is -0.389 e. The van der Waals surface area contributed by atoms with Crippen LogP contribution in [0.5, 0.6) is 0 Å². The minimum atomic E-state index is 0.132. The van der Waals surface area contributed by atoms with Gasteiger partial charge in [0.05, 0.1) is 0 Å². The predicted molar refractivity (Wildman–Crippen MR) is 79.1 cm³/mol. The van der Waals surface area contributed by atoms with Crippen LogP contribution in [0.25, 0.3) is 0 Å². The SMILES string of the molecule is NC(=S)c1cccc(C(=O)N(CC2CC2)C2CC2)c1. The van der Waals surface area contributed by atoms with Crippen molar-refractivity contribution in [2.75, 3.05) is 6.54 Å². The topological polar surface area (TPSA) is 46.3 Å². The molecule has 1 amide bonds. The first kappa shape index (κ1) is 12.6. The van der Waals surface area contributed by atoms with Gasteiger partial charge >= 0.3 is 0 Å². The molecule has 0 saturated heterocycles. The maximum atomic E-state index is 12.6. The van der Waals surface area contributed by atoms with Gasteiger partial charge in [-0.15, -0.1) is 0 Å². The van der Waals surface area contributed by atoms with Gasteiger partial charge in [0.15, 0.2) is 0 Å². The van der Waals surface area contributed by atoms with Crippen LogP contribution in [0.3, 0.4) is 0 Å². The highest BCUT2D eigenvalue weighted by molar-refractivity contribution is 7.80. The quantitative estimate of drug-likeness (QED) is 0.838. The van der Waals surface area contributed by atoms with Crippen molar-refractivity contribution in [1.82, 2.24) is 4.90 Å². The first-order chi connectivity index (χ1) is 9.15. The van der Waals surface area contributed by atoms with Gasteiger partial charge in [-0.1, -0.05) is 24.4 Å². The number of hydrogen-bond acceptors (Lipinski definition) is 2.